The monoisotopic (exact) mass is 768 g/mol. The number of rotatable bonds is 14. The van der Waals surface area contributed by atoms with Crippen molar-refractivity contribution in [3.05, 3.63) is 103 Å². The Morgan fingerprint density at radius 1 is 0.542 bits per heavy atom. The first-order valence-corrected chi connectivity index (χ1v) is 19.4. The van der Waals surface area contributed by atoms with Gasteiger partial charge in [0.05, 0.1) is 22.5 Å². The van der Waals surface area contributed by atoms with E-state index < -0.39 is 0 Å². The molecule has 4 nitrogen and oxygen atoms in total. The Morgan fingerprint density at radius 2 is 0.917 bits per heavy atom. The van der Waals surface area contributed by atoms with Gasteiger partial charge in [-0.25, -0.2) is 0 Å². The van der Waals surface area contributed by atoms with Gasteiger partial charge in [-0.2, -0.15) is 0 Å². The fourth-order valence-corrected chi connectivity index (χ4v) is 8.08. The lowest BCUT2D eigenvalue weighted by Crippen LogP contribution is -2.34. The van der Waals surface area contributed by atoms with Gasteiger partial charge in [0, 0.05) is 43.2 Å². The average molecular weight is 771 g/mol. The second-order valence-electron chi connectivity index (χ2n) is 13.4. The molecule has 2 heterocycles. The third kappa shape index (κ3) is 6.55. The van der Waals surface area contributed by atoms with Crippen LogP contribution in [0.15, 0.2) is 81.7 Å². The lowest BCUT2D eigenvalue weighted by atomic mass is 9.97. The zero-order valence-electron chi connectivity index (χ0n) is 28.6. The van der Waals surface area contributed by atoms with Gasteiger partial charge in [0.2, 0.25) is 0 Å². The summed E-state index contributed by atoms with van der Waals surface area (Å²) in [5.74, 6) is 0.955. The molecule has 0 radical (unpaired) electrons. The molecule has 0 saturated heterocycles. The van der Waals surface area contributed by atoms with E-state index >= 15 is 0 Å². The maximum atomic E-state index is 14.5. The van der Waals surface area contributed by atoms with Crippen molar-refractivity contribution in [2.45, 2.75) is 79.1 Å². The Balaban J connectivity index is 1.60. The molecule has 0 spiro atoms. The normalized spacial score (nSPS) is 15.5. The van der Waals surface area contributed by atoms with Crippen molar-refractivity contribution in [2.24, 2.45) is 11.8 Å². The van der Waals surface area contributed by atoms with Gasteiger partial charge >= 0.3 is 0 Å². The number of fused-ring (bicyclic) bond motifs is 5. The lowest BCUT2D eigenvalue weighted by molar-refractivity contribution is -0.114. The van der Waals surface area contributed by atoms with E-state index in [0.717, 1.165) is 115 Å². The number of halogens is 2. The minimum Gasteiger partial charge on any atom is -0.307 e. The van der Waals surface area contributed by atoms with Gasteiger partial charge in [0.15, 0.2) is 0 Å². The van der Waals surface area contributed by atoms with Gasteiger partial charge in [-0.3, -0.25) is 9.59 Å². The number of benzene rings is 4. The molecule has 6 rings (SSSR count). The summed E-state index contributed by atoms with van der Waals surface area (Å²) in [5, 5.41) is 4.02. The number of unbranched alkanes of at least 4 members (excludes halogenated alkanes) is 2. The molecule has 250 valence electrons. The summed E-state index contributed by atoms with van der Waals surface area (Å²) < 4.78 is 1.97. The number of nitrogens with zero attached hydrogens (tertiary/aromatic N) is 2. The predicted molar refractivity (Wildman–Crippen MR) is 208 cm³/mol. The van der Waals surface area contributed by atoms with E-state index in [1.807, 2.05) is 48.5 Å². The largest absolute Gasteiger partial charge is 0.307 e. The summed E-state index contributed by atoms with van der Waals surface area (Å²) in [6.45, 7) is 10.3. The molecule has 0 bridgehead atoms. The van der Waals surface area contributed by atoms with Crippen LogP contribution in [0.25, 0.3) is 21.9 Å². The summed E-state index contributed by atoms with van der Waals surface area (Å²) in [4.78, 5) is 33.2. The summed E-state index contributed by atoms with van der Waals surface area (Å²) in [5.41, 5.74) is 5.33. The van der Waals surface area contributed by atoms with E-state index in [-0.39, 0.29) is 11.8 Å². The molecule has 4 aromatic rings. The molecule has 0 saturated carbocycles. The molecule has 48 heavy (non-hydrogen) atoms. The van der Waals surface area contributed by atoms with Crippen LogP contribution in [0.1, 0.15) is 90.2 Å². The number of carbonyl (C=O) groups is 2. The zero-order valence-corrected chi connectivity index (χ0v) is 31.8. The molecule has 2 aliphatic heterocycles. The van der Waals surface area contributed by atoms with E-state index in [0.29, 0.717) is 24.9 Å². The molecule has 4 aromatic carbocycles. The average Bonchev–Trinajstić information content (AvgIpc) is 3.54. The Bertz CT molecular complexity index is 1810. The Kier molecular flexibility index (Phi) is 10.9. The highest BCUT2D eigenvalue weighted by molar-refractivity contribution is 9.10. The number of carbonyl (C=O) groups excluding carboxylic acids is 2. The van der Waals surface area contributed by atoms with Crippen LogP contribution in [-0.2, 0) is 9.59 Å². The smallest absolute Gasteiger partial charge is 0.259 e. The topological polar surface area (TPSA) is 40.6 Å². The van der Waals surface area contributed by atoms with Crippen molar-refractivity contribution in [2.75, 3.05) is 22.9 Å². The first kappa shape index (κ1) is 34.6. The molecule has 2 unspecified atom stereocenters. The number of anilines is 2. The first-order chi connectivity index (χ1) is 23.3. The summed E-state index contributed by atoms with van der Waals surface area (Å²) in [6.07, 6.45) is 8.85. The molecule has 6 heteroatoms. The van der Waals surface area contributed by atoms with Gasteiger partial charge in [0.1, 0.15) is 0 Å². The third-order valence-corrected chi connectivity index (χ3v) is 11.4. The van der Waals surface area contributed by atoms with Gasteiger partial charge in [0.25, 0.3) is 11.8 Å². The van der Waals surface area contributed by atoms with Crippen molar-refractivity contribution in [3.8, 4) is 0 Å². The fraction of sp³-hybridized carbons (Fsp3) is 0.381. The van der Waals surface area contributed by atoms with Crippen LogP contribution < -0.4 is 20.2 Å². The molecular weight excluding hydrogens is 724 g/mol. The Hall–Kier alpha value is -3.22. The molecule has 0 aromatic heterocycles. The van der Waals surface area contributed by atoms with E-state index in [1.54, 1.807) is 0 Å². The molecule has 2 aliphatic rings. The number of hydrogen-bond donors (Lipinski definition) is 0. The predicted octanol–water partition coefficient (Wildman–Crippen LogP) is 9.89. The lowest BCUT2D eigenvalue weighted by Gasteiger charge is -2.27. The summed E-state index contributed by atoms with van der Waals surface area (Å²) in [7, 11) is 0. The second-order valence-corrected chi connectivity index (χ2v) is 15.3. The highest BCUT2D eigenvalue weighted by Gasteiger charge is 2.36. The Morgan fingerprint density at radius 3 is 1.25 bits per heavy atom. The minimum atomic E-state index is 0.0657. The van der Waals surface area contributed by atoms with Crippen LogP contribution in [0.5, 0.6) is 0 Å². The van der Waals surface area contributed by atoms with Crippen molar-refractivity contribution in [1.29, 1.82) is 0 Å². The van der Waals surface area contributed by atoms with Crippen LogP contribution in [0.3, 0.4) is 0 Å². The molecule has 0 N–H and O–H groups in total. The van der Waals surface area contributed by atoms with E-state index in [9.17, 15) is 9.59 Å². The van der Waals surface area contributed by atoms with Crippen molar-refractivity contribution in [1.82, 2.24) is 0 Å². The van der Waals surface area contributed by atoms with E-state index in [4.69, 9.17) is 0 Å². The standard InChI is InChI=1S/C42H46Br2N2O2/c1-5-9-11-27(7-3)25-45-39-33-21-24-36-38(30-15-19-32(44)20-16-30)42(48)46(26-28(8-4)12-10-6-2)40(36)34(33)22-23-35(39)37(41(45)47)29-13-17-31(43)18-14-29/h13-24,27-28H,5-12,25-26H2,1-4H3. The molecular formula is C42H46Br2N2O2. The molecule has 0 fully saturated rings. The molecule has 0 aliphatic carbocycles. The molecule has 2 atom stereocenters. The summed E-state index contributed by atoms with van der Waals surface area (Å²) >= 11 is 7.14. The Labute approximate surface area is 302 Å². The van der Waals surface area contributed by atoms with Crippen LogP contribution >= 0.6 is 31.9 Å². The van der Waals surface area contributed by atoms with E-state index in [1.165, 1.54) is 0 Å². The van der Waals surface area contributed by atoms with E-state index in [2.05, 4.69) is 93.6 Å². The number of hydrogen-bond acceptors (Lipinski definition) is 2. The van der Waals surface area contributed by atoms with Crippen molar-refractivity contribution >= 4 is 77.0 Å². The quantitative estimate of drug-likeness (QED) is 0.128. The van der Waals surface area contributed by atoms with Crippen LogP contribution in [0.2, 0.25) is 0 Å². The summed E-state index contributed by atoms with van der Waals surface area (Å²) in [6, 6.07) is 24.8. The minimum absolute atomic E-state index is 0.0657. The van der Waals surface area contributed by atoms with Gasteiger partial charge in [-0.05, 0) is 60.1 Å². The SMILES string of the molecule is CCCCC(CC)CN1C(=O)C(c2ccc(Br)cc2)=c2ccc3c4c(ccc3c21)=C(c1ccc(Br)cc1)C(=O)N4CC(CC)CCCC. The maximum absolute atomic E-state index is 14.5. The third-order valence-electron chi connectivity index (χ3n) is 10.4. The highest BCUT2D eigenvalue weighted by atomic mass is 79.9. The van der Waals surface area contributed by atoms with Crippen molar-refractivity contribution < 1.29 is 9.59 Å². The highest BCUT2D eigenvalue weighted by Crippen LogP contribution is 2.39. The van der Waals surface area contributed by atoms with Crippen LogP contribution in [-0.4, -0.2) is 24.9 Å². The number of amides is 2. The van der Waals surface area contributed by atoms with Crippen LogP contribution in [0.4, 0.5) is 11.4 Å². The zero-order chi connectivity index (χ0) is 33.9. The van der Waals surface area contributed by atoms with Gasteiger partial charge < -0.3 is 9.80 Å². The second kappa shape index (κ2) is 15.1. The first-order valence-electron chi connectivity index (χ1n) is 17.8. The fourth-order valence-electron chi connectivity index (χ4n) is 7.55. The van der Waals surface area contributed by atoms with Crippen LogP contribution in [0, 0.1) is 11.8 Å². The van der Waals surface area contributed by atoms with Crippen molar-refractivity contribution in [3.63, 3.8) is 0 Å². The molecule has 2 amide bonds. The van der Waals surface area contributed by atoms with Gasteiger partial charge in [-0.15, -0.1) is 0 Å². The maximum Gasteiger partial charge on any atom is 0.259 e. The van der Waals surface area contributed by atoms with Gasteiger partial charge in [-0.1, -0.05) is 147 Å².